The number of aldehydes is 1. The van der Waals surface area contributed by atoms with Gasteiger partial charge in [-0.2, -0.15) is 5.10 Å². The molecule has 0 amide bonds. The Morgan fingerprint density at radius 2 is 2.11 bits per heavy atom. The fourth-order valence-electron chi connectivity index (χ4n) is 2.99. The number of likely N-dealkylation sites (N-methyl/N-ethyl adjacent to an activating group) is 1. The van der Waals surface area contributed by atoms with Crippen molar-refractivity contribution in [2.45, 2.75) is 20.3 Å². The zero-order chi connectivity index (χ0) is 19.2. The van der Waals surface area contributed by atoms with Crippen LogP contribution in [0.4, 0.5) is 0 Å². The molecule has 0 saturated heterocycles. The van der Waals surface area contributed by atoms with Gasteiger partial charge in [0.25, 0.3) is 0 Å². The number of carbonyl (C=O) groups is 1. The number of nitrogens with zero attached hydrogens (tertiary/aromatic N) is 3. The Morgan fingerprint density at radius 1 is 1.26 bits per heavy atom. The molecule has 140 valence electrons. The summed E-state index contributed by atoms with van der Waals surface area (Å²) < 4.78 is 7.55. The second-order valence-corrected chi connectivity index (χ2v) is 6.43. The number of pyridine rings is 1. The van der Waals surface area contributed by atoms with Gasteiger partial charge in [0.15, 0.2) is 12.1 Å². The van der Waals surface area contributed by atoms with Crippen molar-refractivity contribution in [3.63, 3.8) is 0 Å². The van der Waals surface area contributed by atoms with E-state index in [-0.39, 0.29) is 0 Å². The van der Waals surface area contributed by atoms with Gasteiger partial charge in [-0.3, -0.25) is 4.79 Å². The van der Waals surface area contributed by atoms with E-state index in [0.29, 0.717) is 24.3 Å². The topological polar surface area (TPSA) is 69.0 Å². The summed E-state index contributed by atoms with van der Waals surface area (Å²) in [7, 11) is 1.87. The van der Waals surface area contributed by atoms with Crippen molar-refractivity contribution in [2.75, 3.05) is 20.2 Å². The number of hydrogen-bond acceptors (Lipinski definition) is 5. The van der Waals surface area contributed by atoms with Crippen molar-refractivity contribution in [3.8, 4) is 11.6 Å². The van der Waals surface area contributed by atoms with E-state index >= 15 is 0 Å². The summed E-state index contributed by atoms with van der Waals surface area (Å²) in [5, 5.41) is 7.23. The number of hydrogen-bond donors (Lipinski definition) is 1. The smallest absolute Gasteiger partial charge is 0.153 e. The molecule has 6 heteroatoms. The second-order valence-electron chi connectivity index (χ2n) is 6.43. The number of carbonyl (C=O) groups excluding carboxylic acids is 1. The van der Waals surface area contributed by atoms with Crippen LogP contribution in [-0.2, 0) is 6.42 Å². The predicted molar refractivity (Wildman–Crippen MR) is 105 cm³/mol. The van der Waals surface area contributed by atoms with Crippen molar-refractivity contribution in [1.29, 1.82) is 0 Å². The molecule has 0 radical (unpaired) electrons. The second kappa shape index (κ2) is 8.60. The molecule has 3 rings (SSSR count). The van der Waals surface area contributed by atoms with E-state index in [1.807, 2.05) is 50.6 Å². The minimum Gasteiger partial charge on any atom is -0.491 e. The zero-order valence-corrected chi connectivity index (χ0v) is 15.9. The fourth-order valence-corrected chi connectivity index (χ4v) is 2.99. The summed E-state index contributed by atoms with van der Waals surface area (Å²) in [4.78, 5) is 16.1. The molecule has 0 aliphatic carbocycles. The highest BCUT2D eigenvalue weighted by atomic mass is 16.5. The van der Waals surface area contributed by atoms with Crippen LogP contribution in [0.25, 0.3) is 5.82 Å². The molecular formula is C21H24N4O2. The van der Waals surface area contributed by atoms with Gasteiger partial charge in [0.05, 0.1) is 5.56 Å². The van der Waals surface area contributed by atoms with Gasteiger partial charge in [-0.15, -0.1) is 0 Å². The molecule has 1 aromatic carbocycles. The standard InChI is InChI=1S/C21H24N4O2/c1-15-16(2)21(27-10-8-22-3)19(14-26)12-18(15)11-17-5-6-20(23-13-17)25-9-4-7-24-25/h4-7,9,12-14,22H,8,10-11H2,1-3H3. The van der Waals surface area contributed by atoms with E-state index in [4.69, 9.17) is 4.74 Å². The van der Waals surface area contributed by atoms with Crippen LogP contribution in [0.15, 0.2) is 42.9 Å². The number of benzene rings is 1. The van der Waals surface area contributed by atoms with Crippen LogP contribution in [0, 0.1) is 13.8 Å². The first-order valence-electron chi connectivity index (χ1n) is 8.94. The Balaban J connectivity index is 1.84. The lowest BCUT2D eigenvalue weighted by atomic mass is 9.94. The third kappa shape index (κ3) is 4.23. The van der Waals surface area contributed by atoms with Crippen molar-refractivity contribution in [1.82, 2.24) is 20.1 Å². The number of rotatable bonds is 8. The van der Waals surface area contributed by atoms with Gasteiger partial charge < -0.3 is 10.1 Å². The quantitative estimate of drug-likeness (QED) is 0.492. The molecule has 0 spiro atoms. The summed E-state index contributed by atoms with van der Waals surface area (Å²) in [5.41, 5.74) is 4.91. The maximum Gasteiger partial charge on any atom is 0.153 e. The molecule has 0 saturated carbocycles. The van der Waals surface area contributed by atoms with Crippen LogP contribution in [0.1, 0.15) is 32.6 Å². The van der Waals surface area contributed by atoms with Crippen LogP contribution >= 0.6 is 0 Å². The number of nitrogens with one attached hydrogen (secondary N) is 1. The monoisotopic (exact) mass is 364 g/mol. The Bertz CT molecular complexity index is 903. The molecule has 0 bridgehead atoms. The van der Waals surface area contributed by atoms with Crippen LogP contribution in [0.5, 0.6) is 5.75 Å². The lowest BCUT2D eigenvalue weighted by Gasteiger charge is -2.17. The molecule has 1 N–H and O–H groups in total. The third-order valence-electron chi connectivity index (χ3n) is 4.64. The van der Waals surface area contributed by atoms with E-state index in [9.17, 15) is 4.79 Å². The van der Waals surface area contributed by atoms with E-state index in [1.165, 1.54) is 0 Å². The first-order valence-corrected chi connectivity index (χ1v) is 8.94. The maximum absolute atomic E-state index is 11.6. The summed E-state index contributed by atoms with van der Waals surface area (Å²) in [6, 6.07) is 7.77. The number of aromatic nitrogens is 3. The van der Waals surface area contributed by atoms with E-state index < -0.39 is 0 Å². The molecule has 2 heterocycles. The van der Waals surface area contributed by atoms with Gasteiger partial charge in [0.2, 0.25) is 0 Å². The summed E-state index contributed by atoms with van der Waals surface area (Å²) in [6.45, 7) is 5.32. The molecule has 3 aromatic rings. The first kappa shape index (κ1) is 18.8. The van der Waals surface area contributed by atoms with Crippen LogP contribution in [-0.4, -0.2) is 41.2 Å². The molecule has 0 aliphatic heterocycles. The van der Waals surface area contributed by atoms with Crippen LogP contribution in [0.3, 0.4) is 0 Å². The highest BCUT2D eigenvalue weighted by molar-refractivity contribution is 5.81. The van der Waals surface area contributed by atoms with Gasteiger partial charge in [-0.1, -0.05) is 6.07 Å². The molecular weight excluding hydrogens is 340 g/mol. The third-order valence-corrected chi connectivity index (χ3v) is 4.64. The predicted octanol–water partition coefficient (Wildman–Crippen LogP) is 2.89. The van der Waals surface area contributed by atoms with Crippen molar-refractivity contribution < 1.29 is 9.53 Å². The average molecular weight is 364 g/mol. The lowest BCUT2D eigenvalue weighted by molar-refractivity contribution is 0.111. The van der Waals surface area contributed by atoms with Crippen molar-refractivity contribution >= 4 is 6.29 Å². The Labute approximate surface area is 159 Å². The highest BCUT2D eigenvalue weighted by Crippen LogP contribution is 2.29. The van der Waals surface area contributed by atoms with Crippen LogP contribution < -0.4 is 10.1 Å². The molecule has 2 aromatic heterocycles. The molecule has 0 unspecified atom stereocenters. The summed E-state index contributed by atoms with van der Waals surface area (Å²) in [6.07, 6.45) is 7.01. The molecule has 0 aliphatic rings. The fraction of sp³-hybridized carbons (Fsp3) is 0.286. The molecule has 0 atom stereocenters. The van der Waals surface area contributed by atoms with Crippen molar-refractivity contribution in [3.05, 3.63) is 70.7 Å². The van der Waals surface area contributed by atoms with Gasteiger partial charge in [0.1, 0.15) is 12.4 Å². The van der Waals surface area contributed by atoms with Crippen molar-refractivity contribution in [2.24, 2.45) is 0 Å². The van der Waals surface area contributed by atoms with Gasteiger partial charge in [-0.05, 0) is 67.8 Å². The lowest BCUT2D eigenvalue weighted by Crippen LogP contribution is -2.17. The molecule has 27 heavy (non-hydrogen) atoms. The highest BCUT2D eigenvalue weighted by Gasteiger charge is 2.14. The Kier molecular flexibility index (Phi) is 5.98. The van der Waals surface area contributed by atoms with Crippen LogP contribution in [0.2, 0.25) is 0 Å². The largest absolute Gasteiger partial charge is 0.491 e. The molecule has 6 nitrogen and oxygen atoms in total. The molecule has 0 fully saturated rings. The Morgan fingerprint density at radius 3 is 2.74 bits per heavy atom. The SMILES string of the molecule is CNCCOc1c(C=O)cc(Cc2ccc(-n3cccn3)nc2)c(C)c1C. The van der Waals surface area contributed by atoms with E-state index in [2.05, 4.69) is 22.3 Å². The summed E-state index contributed by atoms with van der Waals surface area (Å²) in [5.74, 6) is 1.45. The maximum atomic E-state index is 11.6. The van der Waals surface area contributed by atoms with E-state index in [0.717, 1.165) is 40.9 Å². The normalized spacial score (nSPS) is 10.8. The first-order chi connectivity index (χ1) is 13.1. The minimum absolute atomic E-state index is 0.524. The number of ether oxygens (including phenoxy) is 1. The average Bonchev–Trinajstić information content (AvgIpc) is 3.22. The Hall–Kier alpha value is -2.99. The van der Waals surface area contributed by atoms with Gasteiger partial charge in [-0.25, -0.2) is 9.67 Å². The van der Waals surface area contributed by atoms with E-state index in [1.54, 1.807) is 10.9 Å². The summed E-state index contributed by atoms with van der Waals surface area (Å²) >= 11 is 0. The minimum atomic E-state index is 0.524. The van der Waals surface area contributed by atoms with Gasteiger partial charge in [0, 0.05) is 25.1 Å². The van der Waals surface area contributed by atoms with Gasteiger partial charge >= 0.3 is 0 Å². The zero-order valence-electron chi connectivity index (χ0n) is 15.9.